The molecule has 0 aliphatic heterocycles. The first-order valence-electron chi connectivity index (χ1n) is 3.64. The molecule has 1 heterocycles. The molecule has 0 atom stereocenters. The maximum Gasteiger partial charge on any atom is 0.123 e. The summed E-state index contributed by atoms with van der Waals surface area (Å²) in [6, 6.07) is 3.85. The topological polar surface area (TPSA) is 39.2 Å². The molecule has 0 aromatic carbocycles. The van der Waals surface area contributed by atoms with E-state index in [1.54, 1.807) is 6.26 Å². The molecule has 1 aliphatic carbocycles. The van der Waals surface area contributed by atoms with Crippen molar-refractivity contribution in [3.63, 3.8) is 0 Å². The molecule has 1 aromatic heterocycles. The molecule has 2 nitrogen and oxygen atoms in total. The number of hydrogen-bond acceptors (Lipinski definition) is 2. The summed E-state index contributed by atoms with van der Waals surface area (Å²) < 4.78 is 5.22. The minimum absolute atomic E-state index is 0.122. The number of nitrogens with two attached hydrogens (primary N) is 1. The average molecular weight is 137 g/mol. The van der Waals surface area contributed by atoms with E-state index in [9.17, 15) is 0 Å². The predicted molar refractivity (Wildman–Crippen MR) is 38.4 cm³/mol. The van der Waals surface area contributed by atoms with E-state index >= 15 is 0 Å². The van der Waals surface area contributed by atoms with Gasteiger partial charge >= 0.3 is 0 Å². The fourth-order valence-corrected chi connectivity index (χ4v) is 1.37. The molecule has 0 radical (unpaired) electrons. The Kier molecular flexibility index (Phi) is 1.11. The normalized spacial score (nSPS) is 22.1. The van der Waals surface area contributed by atoms with Crippen LogP contribution in [0.1, 0.15) is 25.0 Å². The molecule has 2 rings (SSSR count). The Bertz CT molecular complexity index is 211. The van der Waals surface area contributed by atoms with Gasteiger partial charge in [0, 0.05) is 0 Å². The van der Waals surface area contributed by atoms with Crippen LogP contribution in [-0.2, 0) is 5.54 Å². The minimum Gasteiger partial charge on any atom is -0.467 e. The summed E-state index contributed by atoms with van der Waals surface area (Å²) in [6.07, 6.45) is 5.06. The summed E-state index contributed by atoms with van der Waals surface area (Å²) in [6.45, 7) is 0. The Morgan fingerprint density at radius 3 is 2.70 bits per heavy atom. The second kappa shape index (κ2) is 1.86. The molecule has 0 bridgehead atoms. The lowest BCUT2D eigenvalue weighted by Gasteiger charge is -2.35. The third-order valence-electron chi connectivity index (χ3n) is 2.26. The molecule has 0 saturated heterocycles. The van der Waals surface area contributed by atoms with E-state index in [0.717, 1.165) is 18.6 Å². The minimum atomic E-state index is -0.122. The first kappa shape index (κ1) is 5.98. The van der Waals surface area contributed by atoms with Gasteiger partial charge < -0.3 is 10.2 Å². The fraction of sp³-hybridized carbons (Fsp3) is 0.500. The standard InChI is InChI=1S/C8H11NO/c9-8(4-2-5-8)7-3-1-6-10-7/h1,3,6H,2,4-5,9H2. The zero-order chi connectivity index (χ0) is 7.03. The van der Waals surface area contributed by atoms with Crippen LogP contribution in [0, 0.1) is 0 Å². The highest BCUT2D eigenvalue weighted by Crippen LogP contribution is 2.38. The third-order valence-corrected chi connectivity index (χ3v) is 2.26. The molecular formula is C8H11NO. The fourth-order valence-electron chi connectivity index (χ4n) is 1.37. The Hall–Kier alpha value is -0.760. The lowest BCUT2D eigenvalue weighted by molar-refractivity contribution is 0.208. The quantitative estimate of drug-likeness (QED) is 0.638. The van der Waals surface area contributed by atoms with E-state index < -0.39 is 0 Å². The molecule has 1 saturated carbocycles. The molecule has 54 valence electrons. The second-order valence-electron chi connectivity index (χ2n) is 2.99. The molecule has 0 unspecified atom stereocenters. The Morgan fingerprint density at radius 1 is 1.50 bits per heavy atom. The first-order chi connectivity index (χ1) is 4.81. The van der Waals surface area contributed by atoms with Crippen molar-refractivity contribution < 1.29 is 4.42 Å². The zero-order valence-electron chi connectivity index (χ0n) is 5.84. The van der Waals surface area contributed by atoms with Crippen molar-refractivity contribution in [2.24, 2.45) is 5.73 Å². The highest BCUT2D eigenvalue weighted by atomic mass is 16.3. The van der Waals surface area contributed by atoms with E-state index in [4.69, 9.17) is 10.2 Å². The van der Waals surface area contributed by atoms with Crippen LogP contribution in [0.15, 0.2) is 22.8 Å². The summed E-state index contributed by atoms with van der Waals surface area (Å²) in [7, 11) is 0. The summed E-state index contributed by atoms with van der Waals surface area (Å²) in [5, 5.41) is 0. The van der Waals surface area contributed by atoms with Gasteiger partial charge in [0.1, 0.15) is 5.76 Å². The van der Waals surface area contributed by atoms with Crippen molar-refractivity contribution in [3.8, 4) is 0 Å². The van der Waals surface area contributed by atoms with Crippen LogP contribution < -0.4 is 5.73 Å². The number of hydrogen-bond donors (Lipinski definition) is 1. The van der Waals surface area contributed by atoms with Gasteiger partial charge in [-0.3, -0.25) is 0 Å². The molecule has 0 spiro atoms. The molecule has 10 heavy (non-hydrogen) atoms. The summed E-state index contributed by atoms with van der Waals surface area (Å²) in [5.41, 5.74) is 5.85. The monoisotopic (exact) mass is 137 g/mol. The molecular weight excluding hydrogens is 126 g/mol. The van der Waals surface area contributed by atoms with Crippen molar-refractivity contribution in [2.45, 2.75) is 24.8 Å². The Morgan fingerprint density at radius 2 is 2.30 bits per heavy atom. The lowest BCUT2D eigenvalue weighted by Crippen LogP contribution is -2.42. The summed E-state index contributed by atoms with van der Waals surface area (Å²) in [5.74, 6) is 0.943. The van der Waals surface area contributed by atoms with E-state index in [2.05, 4.69) is 0 Å². The van der Waals surface area contributed by atoms with Crippen LogP contribution in [-0.4, -0.2) is 0 Å². The first-order valence-corrected chi connectivity index (χ1v) is 3.64. The van der Waals surface area contributed by atoms with Gasteiger partial charge in [-0.1, -0.05) is 0 Å². The molecule has 0 amide bonds. The van der Waals surface area contributed by atoms with Gasteiger partial charge in [0.2, 0.25) is 0 Å². The van der Waals surface area contributed by atoms with Crippen molar-refractivity contribution in [3.05, 3.63) is 24.2 Å². The molecule has 1 fully saturated rings. The van der Waals surface area contributed by atoms with Gasteiger partial charge in [0.25, 0.3) is 0 Å². The van der Waals surface area contributed by atoms with Gasteiger partial charge in [-0.05, 0) is 31.4 Å². The predicted octanol–water partition coefficient (Wildman–Crippen LogP) is 1.62. The van der Waals surface area contributed by atoms with Gasteiger partial charge in [0.15, 0.2) is 0 Å². The van der Waals surface area contributed by atoms with Crippen LogP contribution in [0.25, 0.3) is 0 Å². The van der Waals surface area contributed by atoms with Crippen LogP contribution >= 0.6 is 0 Å². The van der Waals surface area contributed by atoms with Crippen molar-refractivity contribution in [2.75, 3.05) is 0 Å². The molecule has 2 heteroatoms. The van der Waals surface area contributed by atoms with Crippen molar-refractivity contribution in [1.29, 1.82) is 0 Å². The zero-order valence-corrected chi connectivity index (χ0v) is 5.84. The van der Waals surface area contributed by atoms with Crippen LogP contribution in [0.3, 0.4) is 0 Å². The van der Waals surface area contributed by atoms with Gasteiger partial charge in [-0.15, -0.1) is 0 Å². The number of furan rings is 1. The smallest absolute Gasteiger partial charge is 0.123 e. The molecule has 1 aliphatic rings. The van der Waals surface area contributed by atoms with Gasteiger partial charge in [-0.2, -0.15) is 0 Å². The van der Waals surface area contributed by atoms with Crippen molar-refractivity contribution >= 4 is 0 Å². The molecule has 2 N–H and O–H groups in total. The Balaban J connectivity index is 2.27. The van der Waals surface area contributed by atoms with Crippen LogP contribution in [0.4, 0.5) is 0 Å². The van der Waals surface area contributed by atoms with Crippen molar-refractivity contribution in [1.82, 2.24) is 0 Å². The van der Waals surface area contributed by atoms with E-state index in [-0.39, 0.29) is 5.54 Å². The molecule has 1 aromatic rings. The average Bonchev–Trinajstić information content (AvgIpc) is 2.33. The van der Waals surface area contributed by atoms with Crippen LogP contribution in [0.5, 0.6) is 0 Å². The van der Waals surface area contributed by atoms with Gasteiger partial charge in [0.05, 0.1) is 11.8 Å². The van der Waals surface area contributed by atoms with E-state index in [1.807, 2.05) is 12.1 Å². The van der Waals surface area contributed by atoms with Gasteiger partial charge in [-0.25, -0.2) is 0 Å². The maximum atomic E-state index is 5.97. The van der Waals surface area contributed by atoms with Crippen LogP contribution in [0.2, 0.25) is 0 Å². The summed E-state index contributed by atoms with van der Waals surface area (Å²) >= 11 is 0. The summed E-state index contributed by atoms with van der Waals surface area (Å²) in [4.78, 5) is 0. The van der Waals surface area contributed by atoms with E-state index in [0.29, 0.717) is 0 Å². The largest absolute Gasteiger partial charge is 0.467 e. The number of rotatable bonds is 1. The lowest BCUT2D eigenvalue weighted by atomic mass is 9.76. The van der Waals surface area contributed by atoms with E-state index in [1.165, 1.54) is 6.42 Å². The maximum absolute atomic E-state index is 5.97. The third kappa shape index (κ3) is 0.688. The second-order valence-corrected chi connectivity index (χ2v) is 2.99. The Labute approximate surface area is 60.0 Å². The highest BCUT2D eigenvalue weighted by molar-refractivity contribution is 5.14. The highest BCUT2D eigenvalue weighted by Gasteiger charge is 2.36. The SMILES string of the molecule is NC1(c2ccco2)CCC1.